The highest BCUT2D eigenvalue weighted by Crippen LogP contribution is 2.23. The van der Waals surface area contributed by atoms with Crippen molar-refractivity contribution in [2.24, 2.45) is 0 Å². The molecule has 3 heterocycles. The van der Waals surface area contributed by atoms with E-state index in [1.54, 1.807) is 0 Å². The zero-order valence-electron chi connectivity index (χ0n) is 16.2. The van der Waals surface area contributed by atoms with Crippen LogP contribution in [0.4, 0.5) is 0 Å². The van der Waals surface area contributed by atoms with Gasteiger partial charge in [-0.1, -0.05) is 29.5 Å². The predicted molar refractivity (Wildman–Crippen MR) is 127 cm³/mol. The summed E-state index contributed by atoms with van der Waals surface area (Å²) >= 11 is 0. The number of nitrogens with zero attached hydrogens (tertiary/aromatic N) is 6. The Morgan fingerprint density at radius 3 is 2.38 bits per heavy atom. The van der Waals surface area contributed by atoms with Gasteiger partial charge < -0.3 is 9.47 Å². The lowest BCUT2D eigenvalue weighted by Crippen LogP contribution is -2.30. The van der Waals surface area contributed by atoms with Gasteiger partial charge in [0.15, 0.2) is 0 Å². The summed E-state index contributed by atoms with van der Waals surface area (Å²) in [5.41, 5.74) is 4.22. The van der Waals surface area contributed by atoms with Crippen molar-refractivity contribution in [3.8, 4) is 0 Å². The maximum absolute atomic E-state index is 4.92. The molecule has 0 aliphatic carbocycles. The number of fused-ring (bicyclic) bond motifs is 2. The van der Waals surface area contributed by atoms with Gasteiger partial charge >= 0.3 is 0 Å². The molecule has 1 saturated heterocycles. The number of aromatic nitrogens is 5. The van der Waals surface area contributed by atoms with Crippen molar-refractivity contribution in [2.75, 3.05) is 13.6 Å². The standard InChI is InChI=1S/C20H22N6.2ClH.H2S/c1-24-12-6-7-15(24)13-25-18-10-4-2-8-16(18)21-20(25)14-26-19-11-5-3-9-17(19)22-23-26;;;/h2-5,8-11,15H,6-7,12-14H2,1H3;2*1H;1H2/t15-;;;/m0.../s1. The highest BCUT2D eigenvalue weighted by atomic mass is 35.5. The Balaban J connectivity index is 0.000001000. The summed E-state index contributed by atoms with van der Waals surface area (Å²) in [5, 5.41) is 8.63. The van der Waals surface area contributed by atoms with Gasteiger partial charge in [0.05, 0.1) is 16.6 Å². The molecule has 0 saturated carbocycles. The Bertz CT molecular complexity index is 1080. The number of rotatable bonds is 4. The van der Waals surface area contributed by atoms with Gasteiger partial charge in [0, 0.05) is 12.6 Å². The first-order chi connectivity index (χ1) is 12.8. The van der Waals surface area contributed by atoms with Crippen molar-refractivity contribution < 1.29 is 0 Å². The van der Waals surface area contributed by atoms with E-state index >= 15 is 0 Å². The van der Waals surface area contributed by atoms with Crippen molar-refractivity contribution in [1.82, 2.24) is 29.4 Å². The molecular weight excluding hydrogens is 427 g/mol. The van der Waals surface area contributed by atoms with Crippen LogP contribution >= 0.6 is 38.3 Å². The van der Waals surface area contributed by atoms with Crippen LogP contribution in [-0.4, -0.2) is 49.1 Å². The Kier molecular flexibility index (Phi) is 7.94. The number of hydrogen-bond donors (Lipinski definition) is 0. The molecule has 0 unspecified atom stereocenters. The number of benzene rings is 2. The van der Waals surface area contributed by atoms with Crippen LogP contribution in [0, 0.1) is 0 Å². The molecule has 2 aromatic heterocycles. The Morgan fingerprint density at radius 2 is 1.66 bits per heavy atom. The van der Waals surface area contributed by atoms with E-state index in [-0.39, 0.29) is 38.3 Å². The monoisotopic (exact) mass is 452 g/mol. The minimum absolute atomic E-state index is 0. The third kappa shape index (κ3) is 4.38. The molecule has 4 aromatic rings. The van der Waals surface area contributed by atoms with E-state index < -0.39 is 0 Å². The van der Waals surface area contributed by atoms with Crippen LogP contribution in [0.15, 0.2) is 48.5 Å². The average Bonchev–Trinajstić information content (AvgIpc) is 3.35. The highest BCUT2D eigenvalue weighted by Gasteiger charge is 2.23. The quantitative estimate of drug-likeness (QED) is 0.471. The summed E-state index contributed by atoms with van der Waals surface area (Å²) in [6.45, 7) is 2.78. The Hall–Kier alpha value is -1.80. The third-order valence-electron chi connectivity index (χ3n) is 5.51. The van der Waals surface area contributed by atoms with E-state index in [4.69, 9.17) is 4.98 Å². The van der Waals surface area contributed by atoms with Gasteiger partial charge in [0.2, 0.25) is 0 Å². The summed E-state index contributed by atoms with van der Waals surface area (Å²) in [6.07, 6.45) is 2.52. The van der Waals surface area contributed by atoms with Crippen LogP contribution in [0.2, 0.25) is 0 Å². The van der Waals surface area contributed by atoms with Crippen molar-refractivity contribution in [3.63, 3.8) is 0 Å². The molecule has 1 aliphatic rings. The van der Waals surface area contributed by atoms with Crippen LogP contribution in [0.1, 0.15) is 18.7 Å². The number of likely N-dealkylation sites (N-methyl/N-ethyl adjacent to an activating group) is 1. The van der Waals surface area contributed by atoms with Gasteiger partial charge in [0.25, 0.3) is 0 Å². The Morgan fingerprint density at radius 1 is 0.966 bits per heavy atom. The fourth-order valence-electron chi connectivity index (χ4n) is 4.04. The zero-order chi connectivity index (χ0) is 17.5. The first-order valence-electron chi connectivity index (χ1n) is 9.22. The van der Waals surface area contributed by atoms with Crippen LogP contribution in [-0.2, 0) is 13.1 Å². The highest BCUT2D eigenvalue weighted by molar-refractivity contribution is 7.59. The van der Waals surface area contributed by atoms with Crippen LogP contribution in [0.25, 0.3) is 22.1 Å². The maximum atomic E-state index is 4.92. The molecule has 2 aromatic carbocycles. The molecule has 0 spiro atoms. The first-order valence-corrected chi connectivity index (χ1v) is 9.22. The largest absolute Gasteiger partial charge is 0.325 e. The van der Waals surface area contributed by atoms with Gasteiger partial charge in [-0.15, -0.1) is 29.9 Å². The molecule has 1 fully saturated rings. The second kappa shape index (κ2) is 9.80. The third-order valence-corrected chi connectivity index (χ3v) is 5.51. The summed E-state index contributed by atoms with van der Waals surface area (Å²) in [7, 11) is 2.22. The van der Waals surface area contributed by atoms with E-state index in [0.29, 0.717) is 12.6 Å². The smallest absolute Gasteiger partial charge is 0.131 e. The second-order valence-corrected chi connectivity index (χ2v) is 7.14. The minimum atomic E-state index is 0. The number of hydrogen-bond acceptors (Lipinski definition) is 4. The normalized spacial score (nSPS) is 16.4. The summed E-state index contributed by atoms with van der Waals surface area (Å²) < 4.78 is 4.32. The van der Waals surface area contributed by atoms with Gasteiger partial charge in [-0.2, -0.15) is 13.5 Å². The molecule has 1 aliphatic heterocycles. The molecule has 0 bridgehead atoms. The molecule has 9 heteroatoms. The molecule has 5 rings (SSSR count). The first kappa shape index (κ1) is 23.5. The molecule has 0 radical (unpaired) electrons. The van der Waals surface area contributed by atoms with Crippen molar-refractivity contribution >= 4 is 60.4 Å². The molecule has 6 nitrogen and oxygen atoms in total. The SMILES string of the molecule is CN1CCC[C@H]1Cn1c(Cn2nnc3ccccc32)nc2ccccc21.Cl.Cl.S. The lowest BCUT2D eigenvalue weighted by molar-refractivity contribution is 0.281. The number of likely N-dealkylation sites (tertiary alicyclic amines) is 1. The second-order valence-electron chi connectivity index (χ2n) is 7.14. The topological polar surface area (TPSA) is 51.8 Å². The van der Waals surface area contributed by atoms with Crippen LogP contribution in [0.3, 0.4) is 0 Å². The van der Waals surface area contributed by atoms with Gasteiger partial charge in [0.1, 0.15) is 17.9 Å². The average molecular weight is 453 g/mol. The van der Waals surface area contributed by atoms with E-state index in [1.807, 2.05) is 22.9 Å². The van der Waals surface area contributed by atoms with Crippen LogP contribution in [0.5, 0.6) is 0 Å². The van der Waals surface area contributed by atoms with E-state index in [1.165, 1.54) is 24.9 Å². The zero-order valence-corrected chi connectivity index (χ0v) is 18.9. The number of para-hydroxylation sites is 3. The lowest BCUT2D eigenvalue weighted by Gasteiger charge is -2.21. The summed E-state index contributed by atoms with van der Waals surface area (Å²) in [6, 6.07) is 17.0. The van der Waals surface area contributed by atoms with Crippen LogP contribution < -0.4 is 0 Å². The molecule has 0 N–H and O–H groups in total. The summed E-state index contributed by atoms with van der Waals surface area (Å²) in [5.74, 6) is 1.04. The molecule has 156 valence electrons. The fourth-order valence-corrected chi connectivity index (χ4v) is 4.04. The van der Waals surface area contributed by atoms with E-state index in [2.05, 4.69) is 57.2 Å². The van der Waals surface area contributed by atoms with E-state index in [9.17, 15) is 0 Å². The molecule has 29 heavy (non-hydrogen) atoms. The fraction of sp³-hybridized carbons (Fsp3) is 0.350. The maximum Gasteiger partial charge on any atom is 0.131 e. The van der Waals surface area contributed by atoms with Crippen molar-refractivity contribution in [2.45, 2.75) is 32.0 Å². The molecular formula is C20H26Cl2N6S. The predicted octanol–water partition coefficient (Wildman–Crippen LogP) is 3.88. The lowest BCUT2D eigenvalue weighted by atomic mass is 10.2. The number of halogens is 2. The Labute approximate surface area is 189 Å². The minimum Gasteiger partial charge on any atom is -0.325 e. The van der Waals surface area contributed by atoms with E-state index in [0.717, 1.165) is 28.9 Å². The summed E-state index contributed by atoms with van der Waals surface area (Å²) in [4.78, 5) is 7.38. The van der Waals surface area contributed by atoms with Crippen molar-refractivity contribution in [3.05, 3.63) is 54.4 Å². The van der Waals surface area contributed by atoms with Gasteiger partial charge in [-0.3, -0.25) is 0 Å². The molecule has 1 atom stereocenters. The molecule has 0 amide bonds. The number of imidazole rings is 1. The van der Waals surface area contributed by atoms with Gasteiger partial charge in [-0.25, -0.2) is 9.67 Å². The van der Waals surface area contributed by atoms with Crippen molar-refractivity contribution in [1.29, 1.82) is 0 Å². The van der Waals surface area contributed by atoms with Gasteiger partial charge in [-0.05, 0) is 50.7 Å².